The second kappa shape index (κ2) is 4.64. The highest BCUT2D eigenvalue weighted by Gasteiger charge is 2.38. The molecular weight excluding hydrogens is 259 g/mol. The summed E-state index contributed by atoms with van der Waals surface area (Å²) in [6.45, 7) is 1.93. The van der Waals surface area contributed by atoms with E-state index in [-0.39, 0.29) is 25.4 Å². The molecule has 1 aliphatic heterocycles. The zero-order chi connectivity index (χ0) is 13.3. The molecule has 0 aliphatic carbocycles. The van der Waals surface area contributed by atoms with E-state index in [1.807, 2.05) is 19.1 Å². The van der Waals surface area contributed by atoms with Gasteiger partial charge in [0.25, 0.3) is 0 Å². The van der Waals surface area contributed by atoms with E-state index in [0.29, 0.717) is 5.69 Å². The lowest BCUT2D eigenvalue weighted by Crippen LogP contribution is -2.27. The van der Waals surface area contributed by atoms with Crippen LogP contribution < -0.4 is 0 Å². The van der Waals surface area contributed by atoms with Crippen LogP contribution in [-0.4, -0.2) is 36.0 Å². The van der Waals surface area contributed by atoms with Gasteiger partial charge in [0.05, 0.1) is 12.2 Å². The standard InChI is InChI=1S/C11H13FN2O3S/c1-8-3-2-4-9(13-8)6-14-7-10(5-11(14)15)18(12,16)17/h2-4,10H,5-7H2,1H3. The van der Waals surface area contributed by atoms with Crippen molar-refractivity contribution in [2.24, 2.45) is 0 Å². The van der Waals surface area contributed by atoms with Gasteiger partial charge in [-0.25, -0.2) is 0 Å². The molecule has 1 aliphatic rings. The van der Waals surface area contributed by atoms with Gasteiger partial charge in [-0.05, 0) is 19.1 Å². The van der Waals surface area contributed by atoms with Crippen LogP contribution in [0.25, 0.3) is 0 Å². The quantitative estimate of drug-likeness (QED) is 0.763. The van der Waals surface area contributed by atoms with Gasteiger partial charge < -0.3 is 4.90 Å². The van der Waals surface area contributed by atoms with Gasteiger partial charge in [0, 0.05) is 18.7 Å². The fourth-order valence-corrected chi connectivity index (χ4v) is 2.66. The molecule has 1 amide bonds. The fraction of sp³-hybridized carbons (Fsp3) is 0.455. The number of rotatable bonds is 3. The topological polar surface area (TPSA) is 67.3 Å². The zero-order valence-corrected chi connectivity index (χ0v) is 10.7. The van der Waals surface area contributed by atoms with Crippen LogP contribution in [0.1, 0.15) is 17.8 Å². The minimum absolute atomic E-state index is 0.104. The summed E-state index contributed by atoms with van der Waals surface area (Å²) in [5.74, 6) is -0.357. The van der Waals surface area contributed by atoms with Crippen molar-refractivity contribution in [1.82, 2.24) is 9.88 Å². The number of carbonyl (C=O) groups is 1. The van der Waals surface area contributed by atoms with E-state index in [9.17, 15) is 17.1 Å². The maximum atomic E-state index is 12.8. The molecule has 0 aromatic carbocycles. The summed E-state index contributed by atoms with van der Waals surface area (Å²) >= 11 is 0. The van der Waals surface area contributed by atoms with Gasteiger partial charge in [-0.2, -0.15) is 8.42 Å². The van der Waals surface area contributed by atoms with Crippen LogP contribution in [0, 0.1) is 6.92 Å². The smallest absolute Gasteiger partial charge is 0.307 e. The Morgan fingerprint density at radius 3 is 2.78 bits per heavy atom. The molecular formula is C11H13FN2O3S. The number of aromatic nitrogens is 1. The lowest BCUT2D eigenvalue weighted by molar-refractivity contribution is -0.128. The molecule has 1 saturated heterocycles. The average Bonchev–Trinajstić information content (AvgIpc) is 2.60. The second-order valence-electron chi connectivity index (χ2n) is 4.35. The van der Waals surface area contributed by atoms with Crippen LogP contribution in [0.15, 0.2) is 18.2 Å². The number of halogens is 1. The summed E-state index contributed by atoms with van der Waals surface area (Å²) in [7, 11) is -4.65. The summed E-state index contributed by atoms with van der Waals surface area (Å²) < 4.78 is 34.4. The Hall–Kier alpha value is -1.50. The molecule has 1 atom stereocenters. The monoisotopic (exact) mass is 272 g/mol. The number of likely N-dealkylation sites (tertiary alicyclic amines) is 1. The van der Waals surface area contributed by atoms with Crippen molar-refractivity contribution in [3.05, 3.63) is 29.6 Å². The van der Waals surface area contributed by atoms with E-state index in [1.165, 1.54) is 4.90 Å². The minimum Gasteiger partial charge on any atom is -0.335 e. The Morgan fingerprint density at radius 1 is 1.50 bits per heavy atom. The summed E-state index contributed by atoms with van der Waals surface area (Å²) in [6, 6.07) is 5.38. The predicted octanol–water partition coefficient (Wildman–Crippen LogP) is 0.790. The van der Waals surface area contributed by atoms with Crippen LogP contribution in [0.4, 0.5) is 3.89 Å². The molecule has 0 N–H and O–H groups in total. The predicted molar refractivity (Wildman–Crippen MR) is 62.8 cm³/mol. The first kappa shape index (κ1) is 12.9. The van der Waals surface area contributed by atoms with E-state index < -0.39 is 15.5 Å². The number of carbonyl (C=O) groups excluding carboxylic acids is 1. The van der Waals surface area contributed by atoms with Gasteiger partial charge in [0.15, 0.2) is 0 Å². The molecule has 1 unspecified atom stereocenters. The first-order valence-corrected chi connectivity index (χ1v) is 6.95. The molecule has 98 valence electrons. The van der Waals surface area contributed by atoms with Crippen LogP contribution in [0.5, 0.6) is 0 Å². The van der Waals surface area contributed by atoms with E-state index in [0.717, 1.165) is 5.69 Å². The van der Waals surface area contributed by atoms with Crippen molar-refractivity contribution in [1.29, 1.82) is 0 Å². The van der Waals surface area contributed by atoms with Crippen LogP contribution in [0.3, 0.4) is 0 Å². The number of hydrogen-bond acceptors (Lipinski definition) is 4. The Labute approximate surface area is 105 Å². The lowest BCUT2D eigenvalue weighted by Gasteiger charge is -2.15. The van der Waals surface area contributed by atoms with E-state index >= 15 is 0 Å². The van der Waals surface area contributed by atoms with Gasteiger partial charge in [-0.1, -0.05) is 6.07 Å². The molecule has 0 spiro atoms. The lowest BCUT2D eigenvalue weighted by atomic mass is 10.3. The van der Waals surface area contributed by atoms with Crippen molar-refractivity contribution < 1.29 is 17.1 Å². The Bertz CT molecular complexity index is 573. The minimum atomic E-state index is -4.65. The van der Waals surface area contributed by atoms with E-state index in [1.54, 1.807) is 6.07 Å². The van der Waals surface area contributed by atoms with Crippen molar-refractivity contribution >= 4 is 16.1 Å². The van der Waals surface area contributed by atoms with Crippen LogP contribution >= 0.6 is 0 Å². The maximum Gasteiger partial charge on any atom is 0.307 e. The van der Waals surface area contributed by atoms with Crippen molar-refractivity contribution in [2.45, 2.75) is 25.1 Å². The number of nitrogens with zero attached hydrogens (tertiary/aromatic N) is 2. The molecule has 0 radical (unpaired) electrons. The van der Waals surface area contributed by atoms with Gasteiger partial charge in [0.1, 0.15) is 5.25 Å². The molecule has 7 heteroatoms. The molecule has 18 heavy (non-hydrogen) atoms. The van der Waals surface area contributed by atoms with Crippen molar-refractivity contribution in [3.8, 4) is 0 Å². The van der Waals surface area contributed by atoms with E-state index in [2.05, 4.69) is 4.98 Å². The summed E-state index contributed by atoms with van der Waals surface area (Å²) in [4.78, 5) is 17.1. The number of aryl methyl sites for hydroxylation is 1. The average molecular weight is 272 g/mol. The maximum absolute atomic E-state index is 12.8. The molecule has 2 heterocycles. The molecule has 0 saturated carbocycles. The third-order valence-electron chi connectivity index (χ3n) is 2.88. The first-order chi connectivity index (χ1) is 8.36. The number of amides is 1. The highest BCUT2D eigenvalue weighted by molar-refractivity contribution is 7.87. The summed E-state index contributed by atoms with van der Waals surface area (Å²) in [6.07, 6.45) is -0.287. The highest BCUT2D eigenvalue weighted by atomic mass is 32.3. The number of pyridine rings is 1. The Balaban J connectivity index is 2.10. The van der Waals surface area contributed by atoms with E-state index in [4.69, 9.17) is 0 Å². The zero-order valence-electron chi connectivity index (χ0n) is 9.84. The largest absolute Gasteiger partial charge is 0.335 e. The van der Waals surface area contributed by atoms with Crippen LogP contribution in [-0.2, 0) is 21.6 Å². The second-order valence-corrected chi connectivity index (χ2v) is 5.96. The van der Waals surface area contributed by atoms with Gasteiger partial charge >= 0.3 is 10.2 Å². The highest BCUT2D eigenvalue weighted by Crippen LogP contribution is 2.21. The van der Waals surface area contributed by atoms with Crippen molar-refractivity contribution in [3.63, 3.8) is 0 Å². The Morgan fingerprint density at radius 2 is 2.22 bits per heavy atom. The van der Waals surface area contributed by atoms with Gasteiger partial charge in [-0.15, -0.1) is 3.89 Å². The van der Waals surface area contributed by atoms with Gasteiger partial charge in [-0.3, -0.25) is 9.78 Å². The Kier molecular flexibility index (Phi) is 3.34. The molecule has 1 aromatic heterocycles. The SMILES string of the molecule is Cc1cccc(CN2CC(S(=O)(=O)F)CC2=O)n1. The molecule has 1 aromatic rings. The van der Waals surface area contributed by atoms with Gasteiger partial charge in [0.2, 0.25) is 5.91 Å². The first-order valence-electron chi connectivity index (χ1n) is 5.50. The molecule has 2 rings (SSSR count). The molecule has 1 fully saturated rings. The fourth-order valence-electron chi connectivity index (χ4n) is 1.96. The van der Waals surface area contributed by atoms with Crippen molar-refractivity contribution in [2.75, 3.05) is 6.54 Å². The number of hydrogen-bond donors (Lipinski definition) is 0. The summed E-state index contributed by atoms with van der Waals surface area (Å²) in [5.41, 5.74) is 1.48. The summed E-state index contributed by atoms with van der Waals surface area (Å²) in [5, 5.41) is -1.24. The molecule has 5 nitrogen and oxygen atoms in total. The third-order valence-corrected chi connectivity index (χ3v) is 3.99. The van der Waals surface area contributed by atoms with Crippen LogP contribution in [0.2, 0.25) is 0 Å². The molecule has 0 bridgehead atoms. The third kappa shape index (κ3) is 2.84. The normalized spacial score (nSPS) is 20.4.